The summed E-state index contributed by atoms with van der Waals surface area (Å²) in [7, 11) is 0. The highest BCUT2D eigenvalue weighted by Gasteiger charge is 2.19. The maximum absolute atomic E-state index is 13.8. The van der Waals surface area contributed by atoms with Gasteiger partial charge in [-0.15, -0.1) is 11.8 Å². The molecule has 2 amide bonds. The van der Waals surface area contributed by atoms with Gasteiger partial charge in [0.15, 0.2) is 0 Å². The van der Waals surface area contributed by atoms with Gasteiger partial charge in [-0.3, -0.25) is 9.59 Å². The molecule has 30 heavy (non-hydrogen) atoms. The van der Waals surface area contributed by atoms with Crippen LogP contribution < -0.4 is 10.6 Å². The van der Waals surface area contributed by atoms with Gasteiger partial charge in [-0.05, 0) is 55.3 Å². The molecule has 1 atom stereocenters. The molecule has 0 bridgehead atoms. The molecule has 0 saturated heterocycles. The molecule has 3 rings (SSSR count). The third kappa shape index (κ3) is 5.48. The number of aryl methyl sites for hydroxylation is 1. The molecular weight excluding hydrogens is 399 g/mol. The Bertz CT molecular complexity index is 1050. The first-order chi connectivity index (χ1) is 14.5. The summed E-state index contributed by atoms with van der Waals surface area (Å²) in [6.07, 6.45) is 0.647. The minimum atomic E-state index is -0.570. The number of amides is 2. The summed E-state index contributed by atoms with van der Waals surface area (Å²) >= 11 is 1.42. The summed E-state index contributed by atoms with van der Waals surface area (Å²) in [5.41, 5.74) is 2.33. The summed E-state index contributed by atoms with van der Waals surface area (Å²) in [6.45, 7) is 3.91. The smallest absolute Gasteiger partial charge is 0.258 e. The molecule has 4 nitrogen and oxygen atoms in total. The van der Waals surface area contributed by atoms with Gasteiger partial charge < -0.3 is 10.6 Å². The lowest BCUT2D eigenvalue weighted by atomic mass is 10.2. The predicted molar refractivity (Wildman–Crippen MR) is 121 cm³/mol. The number of hydrogen-bond acceptors (Lipinski definition) is 3. The van der Waals surface area contributed by atoms with Crippen LogP contribution in [0.1, 0.15) is 29.3 Å². The van der Waals surface area contributed by atoms with E-state index in [9.17, 15) is 14.0 Å². The van der Waals surface area contributed by atoms with Crippen molar-refractivity contribution in [2.24, 2.45) is 0 Å². The van der Waals surface area contributed by atoms with Gasteiger partial charge in [-0.25, -0.2) is 4.39 Å². The van der Waals surface area contributed by atoms with E-state index >= 15 is 0 Å². The first-order valence-electron chi connectivity index (χ1n) is 9.67. The second kappa shape index (κ2) is 10.1. The van der Waals surface area contributed by atoms with Gasteiger partial charge in [0.1, 0.15) is 5.82 Å². The summed E-state index contributed by atoms with van der Waals surface area (Å²) in [4.78, 5) is 25.9. The fourth-order valence-electron chi connectivity index (χ4n) is 2.90. The SMILES string of the molecule is CCC(Sc1cccc(NC(=O)c2ccccc2F)c1)C(=O)Nc1ccccc1C. The second-order valence-corrected chi connectivity index (χ2v) is 8.06. The van der Waals surface area contributed by atoms with Crippen molar-refractivity contribution in [1.29, 1.82) is 0 Å². The van der Waals surface area contributed by atoms with Gasteiger partial charge in [0.2, 0.25) is 5.91 Å². The number of anilines is 2. The van der Waals surface area contributed by atoms with E-state index in [4.69, 9.17) is 0 Å². The first kappa shape index (κ1) is 21.6. The first-order valence-corrected chi connectivity index (χ1v) is 10.5. The van der Waals surface area contributed by atoms with Crippen molar-refractivity contribution in [1.82, 2.24) is 0 Å². The average Bonchev–Trinajstić information content (AvgIpc) is 2.74. The quantitative estimate of drug-likeness (QED) is 0.466. The van der Waals surface area contributed by atoms with E-state index in [2.05, 4.69) is 10.6 Å². The predicted octanol–water partition coefficient (Wildman–Crippen LogP) is 5.90. The normalized spacial score (nSPS) is 11.6. The van der Waals surface area contributed by atoms with Gasteiger partial charge in [-0.1, -0.05) is 43.3 Å². The van der Waals surface area contributed by atoms with Crippen LogP contribution in [0, 0.1) is 12.7 Å². The van der Waals surface area contributed by atoms with E-state index in [0.717, 1.165) is 16.1 Å². The third-order valence-corrected chi connectivity index (χ3v) is 5.91. The van der Waals surface area contributed by atoms with Crippen molar-refractivity contribution >= 4 is 35.0 Å². The largest absolute Gasteiger partial charge is 0.325 e. The number of halogens is 1. The van der Waals surface area contributed by atoms with Crippen LogP contribution in [0.3, 0.4) is 0 Å². The molecule has 0 spiro atoms. The van der Waals surface area contributed by atoms with E-state index in [-0.39, 0.29) is 16.7 Å². The van der Waals surface area contributed by atoms with E-state index in [1.165, 1.54) is 30.0 Å². The van der Waals surface area contributed by atoms with Crippen molar-refractivity contribution in [3.05, 3.63) is 89.7 Å². The molecule has 2 N–H and O–H groups in total. The molecule has 0 aliphatic heterocycles. The summed E-state index contributed by atoms with van der Waals surface area (Å²) in [5.74, 6) is -1.16. The average molecular weight is 423 g/mol. The van der Waals surface area contributed by atoms with E-state index in [0.29, 0.717) is 12.1 Å². The fraction of sp³-hybridized carbons (Fsp3) is 0.167. The molecule has 0 saturated carbocycles. The molecule has 1 unspecified atom stereocenters. The van der Waals surface area contributed by atoms with Crippen molar-refractivity contribution < 1.29 is 14.0 Å². The van der Waals surface area contributed by atoms with Crippen molar-refractivity contribution in [3.63, 3.8) is 0 Å². The maximum Gasteiger partial charge on any atom is 0.258 e. The molecule has 6 heteroatoms. The monoisotopic (exact) mass is 422 g/mol. The molecule has 0 fully saturated rings. The molecule has 3 aromatic rings. The number of benzene rings is 3. The van der Waals surface area contributed by atoms with Gasteiger partial charge in [0.05, 0.1) is 10.8 Å². The van der Waals surface area contributed by atoms with Gasteiger partial charge >= 0.3 is 0 Å². The standard InChI is InChI=1S/C24H23FN2O2S/c1-3-22(24(29)27-21-14-7-4-9-16(21)2)30-18-11-8-10-17(15-18)26-23(28)19-12-5-6-13-20(19)25/h4-15,22H,3H2,1-2H3,(H,26,28)(H,27,29). The van der Waals surface area contributed by atoms with Gasteiger partial charge in [0.25, 0.3) is 5.91 Å². The van der Waals surface area contributed by atoms with Crippen LogP contribution in [-0.2, 0) is 4.79 Å². The third-order valence-electron chi connectivity index (χ3n) is 4.55. The Morgan fingerprint density at radius 2 is 1.70 bits per heavy atom. The Kier molecular flexibility index (Phi) is 7.25. The number of rotatable bonds is 7. The highest BCUT2D eigenvalue weighted by atomic mass is 32.2. The molecule has 154 valence electrons. The number of para-hydroxylation sites is 1. The van der Waals surface area contributed by atoms with E-state index in [1.54, 1.807) is 24.3 Å². The Morgan fingerprint density at radius 1 is 0.967 bits per heavy atom. The van der Waals surface area contributed by atoms with Crippen LogP contribution in [0.25, 0.3) is 0 Å². The molecule has 0 heterocycles. The lowest BCUT2D eigenvalue weighted by Crippen LogP contribution is -2.24. The zero-order valence-electron chi connectivity index (χ0n) is 16.8. The summed E-state index contributed by atoms with van der Waals surface area (Å²) in [6, 6.07) is 20.7. The highest BCUT2D eigenvalue weighted by molar-refractivity contribution is 8.00. The Morgan fingerprint density at radius 3 is 2.43 bits per heavy atom. The topological polar surface area (TPSA) is 58.2 Å². The number of carbonyl (C=O) groups excluding carboxylic acids is 2. The van der Waals surface area contributed by atoms with Gasteiger partial charge in [-0.2, -0.15) is 0 Å². The number of nitrogens with one attached hydrogen (secondary N) is 2. The van der Waals surface area contributed by atoms with E-state index < -0.39 is 11.7 Å². The van der Waals surface area contributed by atoms with Crippen LogP contribution in [0.15, 0.2) is 77.7 Å². The molecule has 0 radical (unpaired) electrons. The van der Waals surface area contributed by atoms with Crippen molar-refractivity contribution in [3.8, 4) is 0 Å². The number of hydrogen-bond donors (Lipinski definition) is 2. The summed E-state index contributed by atoms with van der Waals surface area (Å²) < 4.78 is 13.8. The molecule has 0 aromatic heterocycles. The second-order valence-electron chi connectivity index (χ2n) is 6.78. The minimum Gasteiger partial charge on any atom is -0.325 e. The molecular formula is C24H23FN2O2S. The lowest BCUT2D eigenvalue weighted by Gasteiger charge is -2.16. The van der Waals surface area contributed by atoms with Crippen LogP contribution in [-0.4, -0.2) is 17.1 Å². The minimum absolute atomic E-state index is 0.0143. The molecule has 0 aliphatic rings. The molecule has 3 aromatic carbocycles. The van der Waals surface area contributed by atoms with Crippen molar-refractivity contribution in [2.45, 2.75) is 30.4 Å². The highest BCUT2D eigenvalue weighted by Crippen LogP contribution is 2.29. The van der Waals surface area contributed by atoms with Crippen LogP contribution in [0.4, 0.5) is 15.8 Å². The lowest BCUT2D eigenvalue weighted by molar-refractivity contribution is -0.115. The zero-order chi connectivity index (χ0) is 21.5. The van der Waals surface area contributed by atoms with Gasteiger partial charge in [0, 0.05) is 16.3 Å². The van der Waals surface area contributed by atoms with Crippen molar-refractivity contribution in [2.75, 3.05) is 10.6 Å². The van der Waals surface area contributed by atoms with E-state index in [1.807, 2.05) is 44.2 Å². The number of thioether (sulfide) groups is 1. The maximum atomic E-state index is 13.8. The molecule has 0 aliphatic carbocycles. The van der Waals surface area contributed by atoms with Crippen LogP contribution >= 0.6 is 11.8 Å². The van der Waals surface area contributed by atoms with Crippen LogP contribution in [0.5, 0.6) is 0 Å². The Hall–Kier alpha value is -3.12. The zero-order valence-corrected chi connectivity index (χ0v) is 17.6. The number of carbonyl (C=O) groups is 2. The summed E-state index contributed by atoms with van der Waals surface area (Å²) in [5, 5.41) is 5.41. The fourth-order valence-corrected chi connectivity index (χ4v) is 3.92. The Labute approximate surface area is 179 Å². The Balaban J connectivity index is 1.68. The van der Waals surface area contributed by atoms with Crippen LogP contribution in [0.2, 0.25) is 0 Å².